The molecule has 1 amide bonds. The monoisotopic (exact) mass is 465 g/mol. The van der Waals surface area contributed by atoms with Crippen molar-refractivity contribution < 1.29 is 9.53 Å². The summed E-state index contributed by atoms with van der Waals surface area (Å²) in [6, 6.07) is 15.4. The van der Waals surface area contributed by atoms with E-state index < -0.39 is 0 Å². The van der Waals surface area contributed by atoms with Crippen LogP contribution in [-0.2, 0) is 9.53 Å². The summed E-state index contributed by atoms with van der Waals surface area (Å²) in [5.41, 5.74) is 3.01. The zero-order valence-electron chi connectivity index (χ0n) is 18.5. The van der Waals surface area contributed by atoms with Gasteiger partial charge in [0.25, 0.3) is 5.56 Å². The number of nitrogens with one attached hydrogen (secondary N) is 2. The van der Waals surface area contributed by atoms with E-state index in [1.165, 1.54) is 0 Å². The highest BCUT2D eigenvalue weighted by atomic mass is 35.5. The molecule has 2 aliphatic rings. The van der Waals surface area contributed by atoms with Crippen LogP contribution in [-0.4, -0.2) is 43.2 Å². The van der Waals surface area contributed by atoms with Crippen molar-refractivity contribution in [3.63, 3.8) is 0 Å². The number of hydrogen-bond donors (Lipinski definition) is 2. The van der Waals surface area contributed by atoms with Crippen LogP contribution >= 0.6 is 11.6 Å². The number of benzene rings is 2. The number of carbonyl (C=O) groups is 1. The van der Waals surface area contributed by atoms with Crippen LogP contribution in [0.1, 0.15) is 25.7 Å². The number of pyridine rings is 1. The van der Waals surface area contributed by atoms with Gasteiger partial charge in [-0.05, 0) is 49.4 Å². The number of piperidine rings is 1. The highest BCUT2D eigenvalue weighted by Gasteiger charge is 2.30. The summed E-state index contributed by atoms with van der Waals surface area (Å²) in [5.74, 6) is -0.130. The Morgan fingerprint density at radius 3 is 2.79 bits per heavy atom. The summed E-state index contributed by atoms with van der Waals surface area (Å²) in [4.78, 5) is 31.4. The molecule has 3 aromatic rings. The summed E-state index contributed by atoms with van der Waals surface area (Å²) in [6.45, 7) is 2.56. The molecule has 2 aromatic carbocycles. The van der Waals surface area contributed by atoms with Crippen molar-refractivity contribution in [1.29, 1.82) is 0 Å². The van der Waals surface area contributed by atoms with Crippen LogP contribution in [0.25, 0.3) is 22.0 Å². The molecule has 172 valence electrons. The average Bonchev–Trinajstić information content (AvgIpc) is 3.36. The van der Waals surface area contributed by atoms with Crippen molar-refractivity contribution in [2.75, 3.05) is 31.1 Å². The van der Waals surface area contributed by atoms with Crippen molar-refractivity contribution in [1.82, 2.24) is 10.3 Å². The van der Waals surface area contributed by atoms with Crippen LogP contribution in [0.3, 0.4) is 0 Å². The number of aromatic nitrogens is 1. The number of rotatable bonds is 5. The van der Waals surface area contributed by atoms with E-state index in [2.05, 4.69) is 15.2 Å². The first kappa shape index (κ1) is 22.0. The van der Waals surface area contributed by atoms with Gasteiger partial charge in [0.15, 0.2) is 0 Å². The van der Waals surface area contributed by atoms with E-state index in [9.17, 15) is 9.59 Å². The van der Waals surface area contributed by atoms with Crippen LogP contribution in [0, 0.1) is 5.92 Å². The highest BCUT2D eigenvalue weighted by molar-refractivity contribution is 6.31. The first-order valence-corrected chi connectivity index (χ1v) is 12.0. The zero-order chi connectivity index (χ0) is 22.8. The Morgan fingerprint density at radius 1 is 1.15 bits per heavy atom. The minimum Gasteiger partial charge on any atom is -0.376 e. The van der Waals surface area contributed by atoms with Gasteiger partial charge < -0.3 is 19.9 Å². The molecule has 0 aliphatic carbocycles. The summed E-state index contributed by atoms with van der Waals surface area (Å²) in [7, 11) is 0. The largest absolute Gasteiger partial charge is 0.376 e. The normalized spacial score (nSPS) is 20.8. The van der Waals surface area contributed by atoms with E-state index in [-0.39, 0.29) is 23.5 Å². The lowest BCUT2D eigenvalue weighted by atomic mass is 9.94. The van der Waals surface area contributed by atoms with Gasteiger partial charge in [0.05, 0.1) is 12.0 Å². The second-order valence-corrected chi connectivity index (χ2v) is 9.34. The molecule has 2 saturated heterocycles. The van der Waals surface area contributed by atoms with Crippen LogP contribution in [0.15, 0.2) is 53.3 Å². The standard InChI is InChI=1S/C26H28ClN3O3/c27-19-10-11-22-21(14-19)23(17-6-2-1-3-7-17)24(26(32)29-22)30-12-4-8-18(16-30)25(31)28-15-20-9-5-13-33-20/h1-3,6-7,10-11,14,18,20H,4-5,8-9,12-13,15-16H2,(H,28,31)(H,29,32). The Hall–Kier alpha value is -2.83. The average molecular weight is 466 g/mol. The molecule has 0 radical (unpaired) electrons. The summed E-state index contributed by atoms with van der Waals surface area (Å²) >= 11 is 6.34. The van der Waals surface area contributed by atoms with Gasteiger partial charge in [-0.15, -0.1) is 0 Å². The van der Waals surface area contributed by atoms with Crippen LogP contribution in [0.4, 0.5) is 5.69 Å². The Balaban J connectivity index is 1.49. The molecular formula is C26H28ClN3O3. The van der Waals surface area contributed by atoms with Crippen LogP contribution < -0.4 is 15.8 Å². The van der Waals surface area contributed by atoms with Crippen molar-refractivity contribution in [2.45, 2.75) is 31.8 Å². The van der Waals surface area contributed by atoms with Crippen LogP contribution in [0.2, 0.25) is 5.02 Å². The second kappa shape index (κ2) is 9.57. The summed E-state index contributed by atoms with van der Waals surface area (Å²) in [5, 5.41) is 4.58. The Labute approximate surface area is 197 Å². The predicted molar refractivity (Wildman–Crippen MR) is 132 cm³/mol. The number of carbonyl (C=O) groups excluding carboxylic acids is 1. The van der Waals surface area contributed by atoms with Gasteiger partial charge in [-0.25, -0.2) is 0 Å². The Bertz CT molecular complexity index is 1200. The van der Waals surface area contributed by atoms with Crippen molar-refractivity contribution in [3.8, 4) is 11.1 Å². The number of anilines is 1. The lowest BCUT2D eigenvalue weighted by Gasteiger charge is -2.34. The first-order valence-electron chi connectivity index (χ1n) is 11.7. The van der Waals surface area contributed by atoms with Gasteiger partial charge in [0.1, 0.15) is 5.69 Å². The maximum Gasteiger partial charge on any atom is 0.272 e. The molecule has 2 N–H and O–H groups in total. The first-order chi connectivity index (χ1) is 16.1. The topological polar surface area (TPSA) is 74.4 Å². The molecular weight excluding hydrogens is 438 g/mol. The Kier molecular flexibility index (Phi) is 6.38. The van der Waals surface area contributed by atoms with Gasteiger partial charge in [-0.3, -0.25) is 9.59 Å². The molecule has 1 aromatic heterocycles. The molecule has 33 heavy (non-hydrogen) atoms. The number of H-pyrrole nitrogens is 1. The van der Waals surface area contributed by atoms with E-state index in [0.29, 0.717) is 23.8 Å². The van der Waals surface area contributed by atoms with Crippen molar-refractivity contribution in [2.24, 2.45) is 5.92 Å². The number of aromatic amines is 1. The fraction of sp³-hybridized carbons (Fsp3) is 0.385. The summed E-state index contributed by atoms with van der Waals surface area (Å²) in [6.07, 6.45) is 3.82. The molecule has 6 nitrogen and oxygen atoms in total. The Morgan fingerprint density at radius 2 is 2.00 bits per heavy atom. The second-order valence-electron chi connectivity index (χ2n) is 8.90. The van der Waals surface area contributed by atoms with E-state index >= 15 is 0 Å². The molecule has 2 atom stereocenters. The molecule has 0 bridgehead atoms. The third kappa shape index (κ3) is 4.63. The maximum absolute atomic E-state index is 13.3. The van der Waals surface area contributed by atoms with Gasteiger partial charge in [0, 0.05) is 47.7 Å². The molecule has 2 fully saturated rings. The molecule has 3 heterocycles. The van der Waals surface area contributed by atoms with E-state index in [0.717, 1.165) is 60.9 Å². The van der Waals surface area contributed by atoms with Crippen LogP contribution in [0.5, 0.6) is 0 Å². The van der Waals surface area contributed by atoms with Gasteiger partial charge >= 0.3 is 0 Å². The number of fused-ring (bicyclic) bond motifs is 1. The number of nitrogens with zero attached hydrogens (tertiary/aromatic N) is 1. The van der Waals surface area contributed by atoms with Crippen molar-refractivity contribution >= 4 is 34.1 Å². The number of amides is 1. The summed E-state index contributed by atoms with van der Waals surface area (Å²) < 4.78 is 5.63. The minimum atomic E-state index is -0.168. The van der Waals surface area contributed by atoms with E-state index in [1.807, 2.05) is 42.5 Å². The van der Waals surface area contributed by atoms with E-state index in [4.69, 9.17) is 16.3 Å². The highest BCUT2D eigenvalue weighted by Crippen LogP contribution is 2.37. The molecule has 0 spiro atoms. The quantitative estimate of drug-likeness (QED) is 0.587. The van der Waals surface area contributed by atoms with Gasteiger partial charge in [-0.1, -0.05) is 41.9 Å². The third-order valence-electron chi connectivity index (χ3n) is 6.65. The lowest BCUT2D eigenvalue weighted by Crippen LogP contribution is -2.46. The molecule has 0 saturated carbocycles. The lowest BCUT2D eigenvalue weighted by molar-refractivity contribution is -0.125. The van der Waals surface area contributed by atoms with Gasteiger partial charge in [0.2, 0.25) is 5.91 Å². The van der Waals surface area contributed by atoms with E-state index in [1.54, 1.807) is 6.07 Å². The van der Waals surface area contributed by atoms with Gasteiger partial charge in [-0.2, -0.15) is 0 Å². The molecule has 7 heteroatoms. The SMILES string of the molecule is O=C(NCC1CCCO1)C1CCCN(c2c(-c3ccccc3)c3cc(Cl)ccc3[nH]c2=O)C1. The number of halogens is 1. The zero-order valence-corrected chi connectivity index (χ0v) is 19.2. The predicted octanol–water partition coefficient (Wildman–Crippen LogP) is 4.36. The maximum atomic E-state index is 13.3. The molecule has 2 unspecified atom stereocenters. The fourth-order valence-corrected chi connectivity index (χ4v) is 5.18. The number of hydrogen-bond acceptors (Lipinski definition) is 4. The number of ether oxygens (including phenoxy) is 1. The molecule has 5 rings (SSSR count). The van der Waals surface area contributed by atoms with Crippen molar-refractivity contribution in [3.05, 3.63) is 63.9 Å². The molecule has 2 aliphatic heterocycles. The third-order valence-corrected chi connectivity index (χ3v) is 6.88. The smallest absolute Gasteiger partial charge is 0.272 e. The minimum absolute atomic E-state index is 0.0386. The fourth-order valence-electron chi connectivity index (χ4n) is 5.01.